The van der Waals surface area contributed by atoms with Gasteiger partial charge in [-0.05, 0) is 24.3 Å². The standard InChI is InChI=1S/C20H16N4O3S/c1-24-14-5-3-2-4-13(14)18-19(24)21-20(23-22-18)28-11-15(25)12-6-7-16-17(10-12)27-9-8-26-16/h2-7,10H,8-9,11H2,1H3. The highest BCUT2D eigenvalue weighted by molar-refractivity contribution is 7.99. The zero-order valence-corrected chi connectivity index (χ0v) is 15.9. The van der Waals surface area contributed by atoms with Gasteiger partial charge in [0, 0.05) is 18.0 Å². The fourth-order valence-corrected chi connectivity index (χ4v) is 3.96. The number of para-hydroxylation sites is 1. The zero-order valence-electron chi connectivity index (χ0n) is 15.1. The van der Waals surface area contributed by atoms with Gasteiger partial charge < -0.3 is 14.0 Å². The van der Waals surface area contributed by atoms with Gasteiger partial charge in [0.1, 0.15) is 18.7 Å². The van der Waals surface area contributed by atoms with E-state index in [1.54, 1.807) is 18.2 Å². The summed E-state index contributed by atoms with van der Waals surface area (Å²) in [6.45, 7) is 1.01. The summed E-state index contributed by atoms with van der Waals surface area (Å²) in [5, 5.41) is 10.0. The van der Waals surface area contributed by atoms with Gasteiger partial charge >= 0.3 is 0 Å². The Labute approximate surface area is 164 Å². The van der Waals surface area contributed by atoms with Crippen molar-refractivity contribution in [2.75, 3.05) is 19.0 Å². The topological polar surface area (TPSA) is 79.1 Å². The van der Waals surface area contributed by atoms with Gasteiger partial charge in [-0.1, -0.05) is 30.0 Å². The third kappa shape index (κ3) is 2.86. The number of rotatable bonds is 4. The molecule has 0 N–H and O–H groups in total. The van der Waals surface area contributed by atoms with E-state index in [0.717, 1.165) is 22.1 Å². The lowest BCUT2D eigenvalue weighted by Gasteiger charge is -2.18. The normalized spacial score (nSPS) is 13.2. The average molecular weight is 392 g/mol. The van der Waals surface area contributed by atoms with Crippen LogP contribution in [0.25, 0.3) is 22.1 Å². The summed E-state index contributed by atoms with van der Waals surface area (Å²) in [5.74, 6) is 1.47. The summed E-state index contributed by atoms with van der Waals surface area (Å²) in [4.78, 5) is 17.2. The molecule has 0 saturated heterocycles. The minimum atomic E-state index is -0.0253. The highest BCUT2D eigenvalue weighted by atomic mass is 32.2. The number of fused-ring (bicyclic) bond motifs is 4. The van der Waals surface area contributed by atoms with E-state index in [-0.39, 0.29) is 11.5 Å². The number of carbonyl (C=O) groups is 1. The van der Waals surface area contributed by atoms with Crippen LogP contribution < -0.4 is 9.47 Å². The molecule has 4 aromatic rings. The van der Waals surface area contributed by atoms with Crippen LogP contribution in [0, 0.1) is 0 Å². The largest absolute Gasteiger partial charge is 0.486 e. The van der Waals surface area contributed by atoms with Gasteiger partial charge in [-0.2, -0.15) is 0 Å². The Balaban J connectivity index is 1.37. The molecular weight excluding hydrogens is 376 g/mol. The lowest BCUT2D eigenvalue weighted by atomic mass is 10.1. The van der Waals surface area contributed by atoms with Crippen molar-refractivity contribution in [3.63, 3.8) is 0 Å². The third-order valence-corrected chi connectivity index (χ3v) is 5.52. The molecule has 0 bridgehead atoms. The monoisotopic (exact) mass is 392 g/mol. The molecule has 1 aliphatic heterocycles. The lowest BCUT2D eigenvalue weighted by Crippen LogP contribution is -2.16. The predicted molar refractivity (Wildman–Crippen MR) is 106 cm³/mol. The Morgan fingerprint density at radius 1 is 1.11 bits per heavy atom. The maximum absolute atomic E-state index is 12.6. The highest BCUT2D eigenvalue weighted by Crippen LogP contribution is 2.31. The Bertz CT molecular complexity index is 1220. The molecule has 3 heterocycles. The molecule has 0 spiro atoms. The average Bonchev–Trinajstić information content (AvgIpc) is 3.03. The van der Waals surface area contributed by atoms with Gasteiger partial charge in [-0.15, -0.1) is 10.2 Å². The zero-order chi connectivity index (χ0) is 19.1. The third-order valence-electron chi connectivity index (χ3n) is 4.68. The summed E-state index contributed by atoms with van der Waals surface area (Å²) >= 11 is 1.27. The molecule has 2 aromatic carbocycles. The number of hydrogen-bond donors (Lipinski definition) is 0. The molecule has 1 aliphatic rings. The number of hydrogen-bond acceptors (Lipinski definition) is 7. The first-order valence-electron chi connectivity index (χ1n) is 8.84. The molecule has 28 heavy (non-hydrogen) atoms. The number of ketones is 1. The van der Waals surface area contributed by atoms with Crippen LogP contribution in [0.15, 0.2) is 47.6 Å². The molecule has 0 aliphatic carbocycles. The number of thioether (sulfide) groups is 1. The molecule has 0 radical (unpaired) electrons. The Hall–Kier alpha value is -3.13. The number of Topliss-reactive ketones (excluding diaryl/α,β-unsaturated/α-hetero) is 1. The minimum absolute atomic E-state index is 0.0253. The van der Waals surface area contributed by atoms with Crippen LogP contribution in [-0.4, -0.2) is 44.5 Å². The predicted octanol–water partition coefficient (Wildman–Crippen LogP) is 3.26. The van der Waals surface area contributed by atoms with Crippen molar-refractivity contribution in [3.8, 4) is 11.5 Å². The van der Waals surface area contributed by atoms with Crippen LogP contribution in [0.3, 0.4) is 0 Å². The summed E-state index contributed by atoms with van der Waals surface area (Å²) < 4.78 is 13.0. The molecule has 0 unspecified atom stereocenters. The first-order chi connectivity index (χ1) is 13.7. The fraction of sp³-hybridized carbons (Fsp3) is 0.200. The molecule has 0 saturated carbocycles. The van der Waals surface area contributed by atoms with Crippen LogP contribution in [0.4, 0.5) is 0 Å². The van der Waals surface area contributed by atoms with Crippen molar-refractivity contribution in [2.24, 2.45) is 7.05 Å². The lowest BCUT2D eigenvalue weighted by molar-refractivity contribution is 0.102. The number of carbonyl (C=O) groups excluding carboxylic acids is 1. The summed E-state index contributed by atoms with van der Waals surface area (Å²) in [5.41, 5.74) is 3.15. The maximum Gasteiger partial charge on any atom is 0.211 e. The molecule has 7 nitrogen and oxygen atoms in total. The second kappa shape index (κ2) is 6.79. The Morgan fingerprint density at radius 2 is 1.93 bits per heavy atom. The first kappa shape index (κ1) is 17.0. The number of aryl methyl sites for hydroxylation is 1. The Morgan fingerprint density at radius 3 is 2.82 bits per heavy atom. The van der Waals surface area contributed by atoms with E-state index in [2.05, 4.69) is 15.2 Å². The number of aromatic nitrogens is 4. The molecule has 0 atom stereocenters. The van der Waals surface area contributed by atoms with Gasteiger partial charge in [-0.3, -0.25) is 4.79 Å². The second-order valence-corrected chi connectivity index (χ2v) is 7.36. The smallest absolute Gasteiger partial charge is 0.211 e. The van der Waals surface area contributed by atoms with E-state index >= 15 is 0 Å². The molecular formula is C20H16N4O3S. The van der Waals surface area contributed by atoms with E-state index in [1.165, 1.54) is 11.8 Å². The van der Waals surface area contributed by atoms with E-state index in [1.807, 2.05) is 35.9 Å². The number of nitrogens with zero attached hydrogens (tertiary/aromatic N) is 4. The maximum atomic E-state index is 12.6. The minimum Gasteiger partial charge on any atom is -0.486 e. The quantitative estimate of drug-likeness (QED) is 0.390. The van der Waals surface area contributed by atoms with Gasteiger partial charge in [0.05, 0.1) is 11.3 Å². The SMILES string of the molecule is Cn1c2ccccc2c2nnc(SCC(=O)c3ccc4c(c3)OCCO4)nc21. The van der Waals surface area contributed by atoms with Gasteiger partial charge in [-0.25, -0.2) is 4.98 Å². The van der Waals surface area contributed by atoms with Crippen LogP contribution in [0.5, 0.6) is 11.5 Å². The van der Waals surface area contributed by atoms with Crippen LogP contribution >= 0.6 is 11.8 Å². The van der Waals surface area contributed by atoms with Crippen LogP contribution in [0.1, 0.15) is 10.4 Å². The van der Waals surface area contributed by atoms with Crippen molar-refractivity contribution in [1.29, 1.82) is 0 Å². The number of benzene rings is 2. The van der Waals surface area contributed by atoms with Crippen molar-refractivity contribution in [2.45, 2.75) is 5.16 Å². The van der Waals surface area contributed by atoms with Crippen molar-refractivity contribution >= 4 is 39.6 Å². The second-order valence-electron chi connectivity index (χ2n) is 6.41. The molecule has 140 valence electrons. The number of ether oxygens (including phenoxy) is 2. The Kier molecular flexibility index (Phi) is 4.12. The van der Waals surface area contributed by atoms with E-state index in [9.17, 15) is 4.79 Å². The van der Waals surface area contributed by atoms with Gasteiger partial charge in [0.25, 0.3) is 0 Å². The van der Waals surface area contributed by atoms with E-state index in [0.29, 0.717) is 35.4 Å². The van der Waals surface area contributed by atoms with Crippen LogP contribution in [0.2, 0.25) is 0 Å². The first-order valence-corrected chi connectivity index (χ1v) is 9.83. The molecule has 0 amide bonds. The molecule has 0 fully saturated rings. The van der Waals surface area contributed by atoms with Gasteiger partial charge in [0.15, 0.2) is 22.9 Å². The molecule has 5 rings (SSSR count). The van der Waals surface area contributed by atoms with Crippen molar-refractivity contribution < 1.29 is 14.3 Å². The molecule has 2 aromatic heterocycles. The van der Waals surface area contributed by atoms with Crippen molar-refractivity contribution in [1.82, 2.24) is 19.7 Å². The van der Waals surface area contributed by atoms with E-state index in [4.69, 9.17) is 9.47 Å². The summed E-state index contributed by atoms with van der Waals surface area (Å²) in [7, 11) is 1.95. The van der Waals surface area contributed by atoms with Gasteiger partial charge in [0.2, 0.25) is 5.16 Å². The highest BCUT2D eigenvalue weighted by Gasteiger charge is 2.17. The summed E-state index contributed by atoms with van der Waals surface area (Å²) in [6.07, 6.45) is 0. The summed E-state index contributed by atoms with van der Waals surface area (Å²) in [6, 6.07) is 13.2. The fourth-order valence-electron chi connectivity index (χ4n) is 3.28. The van der Waals surface area contributed by atoms with Crippen LogP contribution in [-0.2, 0) is 7.05 Å². The molecule has 8 heteroatoms. The van der Waals surface area contributed by atoms with E-state index < -0.39 is 0 Å². The van der Waals surface area contributed by atoms with Crippen molar-refractivity contribution in [3.05, 3.63) is 48.0 Å².